The molecule has 106 valence electrons. The summed E-state index contributed by atoms with van der Waals surface area (Å²) < 4.78 is 0. The van der Waals surface area contributed by atoms with Gasteiger partial charge in [-0.05, 0) is 31.9 Å². The Hall–Kier alpha value is -1.22. The number of benzene rings is 1. The minimum Gasteiger partial charge on any atom is -0.332 e. The van der Waals surface area contributed by atoms with Gasteiger partial charge in [0.15, 0.2) is 5.78 Å². The van der Waals surface area contributed by atoms with Gasteiger partial charge in [0.2, 0.25) is 0 Å². The van der Waals surface area contributed by atoms with Gasteiger partial charge in [0, 0.05) is 17.0 Å². The van der Waals surface area contributed by atoms with E-state index in [1.165, 1.54) is 49.1 Å². The molecule has 0 spiro atoms. The van der Waals surface area contributed by atoms with Crippen LogP contribution in [0.3, 0.4) is 0 Å². The van der Waals surface area contributed by atoms with E-state index in [-0.39, 0.29) is 5.78 Å². The van der Waals surface area contributed by atoms with Crippen molar-refractivity contribution in [2.45, 2.75) is 56.4 Å². The van der Waals surface area contributed by atoms with E-state index in [1.54, 1.807) is 24.8 Å². The summed E-state index contributed by atoms with van der Waals surface area (Å²) in [5, 5.41) is 1.12. The molecule has 0 saturated heterocycles. The number of hydrogen-bond acceptors (Lipinski definition) is 3. The monoisotopic (exact) mass is 287 g/mol. The van der Waals surface area contributed by atoms with E-state index >= 15 is 0 Å². The van der Waals surface area contributed by atoms with Crippen molar-refractivity contribution in [2.75, 3.05) is 4.90 Å². The predicted molar refractivity (Wildman–Crippen MR) is 85.0 cm³/mol. The third-order valence-corrected chi connectivity index (χ3v) is 5.18. The Morgan fingerprint density at radius 3 is 2.60 bits per heavy atom. The fourth-order valence-electron chi connectivity index (χ4n) is 3.19. The topological polar surface area (TPSA) is 20.3 Å². The minimum atomic E-state index is 0.138. The van der Waals surface area contributed by atoms with Crippen molar-refractivity contribution in [3.8, 4) is 0 Å². The van der Waals surface area contributed by atoms with Gasteiger partial charge in [-0.3, -0.25) is 4.79 Å². The molecule has 0 radical (unpaired) electrons. The van der Waals surface area contributed by atoms with Gasteiger partial charge in [-0.25, -0.2) is 0 Å². The van der Waals surface area contributed by atoms with Crippen LogP contribution in [0.5, 0.6) is 0 Å². The van der Waals surface area contributed by atoms with Crippen LogP contribution in [0.15, 0.2) is 40.3 Å². The van der Waals surface area contributed by atoms with Crippen molar-refractivity contribution in [3.63, 3.8) is 0 Å². The summed E-state index contributed by atoms with van der Waals surface area (Å²) in [4.78, 5) is 15.2. The second-order valence-corrected chi connectivity index (χ2v) is 6.74. The van der Waals surface area contributed by atoms with Gasteiger partial charge < -0.3 is 4.90 Å². The largest absolute Gasteiger partial charge is 0.332 e. The summed E-state index contributed by atoms with van der Waals surface area (Å²) in [5.74, 6) is 0.138. The van der Waals surface area contributed by atoms with Gasteiger partial charge in [0.05, 0.1) is 10.7 Å². The quantitative estimate of drug-likeness (QED) is 0.578. The first-order valence-corrected chi connectivity index (χ1v) is 8.36. The third-order valence-electron chi connectivity index (χ3n) is 4.09. The van der Waals surface area contributed by atoms with Crippen LogP contribution >= 0.6 is 11.8 Å². The van der Waals surface area contributed by atoms with Crippen molar-refractivity contribution in [2.24, 2.45) is 0 Å². The number of carbonyl (C=O) groups excluding carboxylic acids is 1. The molecule has 0 unspecified atom stereocenters. The average molecular weight is 287 g/mol. The van der Waals surface area contributed by atoms with Gasteiger partial charge >= 0.3 is 0 Å². The number of anilines is 1. The number of fused-ring (bicyclic) bond motifs is 1. The van der Waals surface area contributed by atoms with Crippen molar-refractivity contribution >= 4 is 23.2 Å². The molecule has 1 aromatic rings. The zero-order valence-electron chi connectivity index (χ0n) is 12.0. The zero-order valence-corrected chi connectivity index (χ0v) is 12.8. The molecule has 1 saturated carbocycles. The Morgan fingerprint density at radius 1 is 1.20 bits per heavy atom. The number of para-hydroxylation sites is 1. The fraction of sp³-hybridized carbons (Fsp3) is 0.471. The van der Waals surface area contributed by atoms with Crippen molar-refractivity contribution in [3.05, 3.63) is 35.4 Å². The second kappa shape index (κ2) is 6.04. The molecule has 3 heteroatoms. The van der Waals surface area contributed by atoms with Crippen LogP contribution in [0.2, 0.25) is 0 Å². The van der Waals surface area contributed by atoms with E-state index in [1.807, 2.05) is 0 Å². The number of hydrogen-bond donors (Lipinski definition) is 0. The average Bonchev–Trinajstić information content (AvgIpc) is 2.61. The maximum Gasteiger partial charge on any atom is 0.155 e. The Morgan fingerprint density at radius 2 is 1.90 bits per heavy atom. The summed E-state index contributed by atoms with van der Waals surface area (Å²) in [7, 11) is 0. The molecule has 3 rings (SSSR count). The van der Waals surface area contributed by atoms with E-state index in [4.69, 9.17) is 0 Å². The molecular formula is C17H21NOS. The molecule has 1 aliphatic carbocycles. The molecule has 1 aromatic carbocycles. The van der Waals surface area contributed by atoms with Gasteiger partial charge in [-0.1, -0.05) is 49.6 Å². The molecule has 0 N–H and O–H groups in total. The molecule has 2 aliphatic rings. The standard InChI is InChI=1S/C17H21NOS/c1-13(19)12-17-18(14-8-4-2-3-5-9-14)15-10-6-7-11-16(15)20-17/h6-7,10-12,14H,2-5,8-9H2,1H3/b17-12-. The molecule has 0 bridgehead atoms. The first-order valence-electron chi connectivity index (χ1n) is 7.54. The van der Waals surface area contributed by atoms with Crippen LogP contribution in [0.4, 0.5) is 5.69 Å². The summed E-state index contributed by atoms with van der Waals surface area (Å²) in [6.45, 7) is 1.64. The van der Waals surface area contributed by atoms with Crippen LogP contribution in [-0.4, -0.2) is 11.8 Å². The molecule has 1 fully saturated rings. The van der Waals surface area contributed by atoms with Crippen LogP contribution in [0.25, 0.3) is 0 Å². The van der Waals surface area contributed by atoms with E-state index in [9.17, 15) is 4.79 Å². The van der Waals surface area contributed by atoms with E-state index in [0.717, 1.165) is 5.03 Å². The highest BCUT2D eigenvalue weighted by atomic mass is 32.2. The van der Waals surface area contributed by atoms with Gasteiger partial charge in [0.1, 0.15) is 0 Å². The smallest absolute Gasteiger partial charge is 0.155 e. The van der Waals surface area contributed by atoms with E-state index < -0.39 is 0 Å². The first kappa shape index (κ1) is 13.7. The summed E-state index contributed by atoms with van der Waals surface area (Å²) in [6.07, 6.45) is 9.60. The van der Waals surface area contributed by atoms with Crippen molar-refractivity contribution in [1.29, 1.82) is 0 Å². The molecule has 2 nitrogen and oxygen atoms in total. The number of thioether (sulfide) groups is 1. The van der Waals surface area contributed by atoms with Crippen LogP contribution in [0.1, 0.15) is 45.4 Å². The normalized spacial score (nSPS) is 21.9. The van der Waals surface area contributed by atoms with Crippen LogP contribution in [-0.2, 0) is 4.79 Å². The number of carbonyl (C=O) groups is 1. The summed E-state index contributed by atoms with van der Waals surface area (Å²) in [6, 6.07) is 9.08. The number of rotatable bonds is 2. The molecular weight excluding hydrogens is 266 g/mol. The first-order chi connectivity index (χ1) is 9.75. The van der Waals surface area contributed by atoms with Gasteiger partial charge in [0.25, 0.3) is 0 Å². The molecule has 0 atom stereocenters. The van der Waals surface area contributed by atoms with Gasteiger partial charge in [-0.2, -0.15) is 0 Å². The van der Waals surface area contributed by atoms with Crippen LogP contribution in [0, 0.1) is 0 Å². The zero-order chi connectivity index (χ0) is 13.9. The lowest BCUT2D eigenvalue weighted by Crippen LogP contribution is -2.31. The number of allylic oxidation sites excluding steroid dienone is 1. The third kappa shape index (κ3) is 2.78. The maximum absolute atomic E-state index is 11.5. The Balaban J connectivity index is 1.96. The van der Waals surface area contributed by atoms with E-state index in [0.29, 0.717) is 6.04 Å². The molecule has 20 heavy (non-hydrogen) atoms. The van der Waals surface area contributed by atoms with Crippen molar-refractivity contribution < 1.29 is 4.79 Å². The van der Waals surface area contributed by atoms with Crippen LogP contribution < -0.4 is 4.90 Å². The minimum absolute atomic E-state index is 0.138. The molecule has 1 aliphatic heterocycles. The second-order valence-electron chi connectivity index (χ2n) is 5.68. The fourth-order valence-corrected chi connectivity index (χ4v) is 4.40. The number of ketones is 1. The lowest BCUT2D eigenvalue weighted by atomic mass is 10.1. The summed E-state index contributed by atoms with van der Waals surface area (Å²) >= 11 is 1.74. The summed E-state index contributed by atoms with van der Waals surface area (Å²) in [5.41, 5.74) is 1.29. The van der Waals surface area contributed by atoms with E-state index in [2.05, 4.69) is 29.2 Å². The Bertz CT molecular complexity index is 530. The van der Waals surface area contributed by atoms with Crippen molar-refractivity contribution in [1.82, 2.24) is 0 Å². The SMILES string of the molecule is CC(=O)/C=C1\Sc2ccccc2N1C1CCCCCC1. The highest BCUT2D eigenvalue weighted by molar-refractivity contribution is 8.03. The lowest BCUT2D eigenvalue weighted by Gasteiger charge is -2.30. The highest BCUT2D eigenvalue weighted by Crippen LogP contribution is 2.48. The molecule has 0 amide bonds. The molecule has 1 heterocycles. The highest BCUT2D eigenvalue weighted by Gasteiger charge is 2.31. The lowest BCUT2D eigenvalue weighted by molar-refractivity contribution is -0.112. The number of nitrogens with zero attached hydrogens (tertiary/aromatic N) is 1. The Labute approximate surface area is 125 Å². The van der Waals surface area contributed by atoms with Gasteiger partial charge in [-0.15, -0.1) is 0 Å². The maximum atomic E-state index is 11.5. The predicted octanol–water partition coefficient (Wildman–Crippen LogP) is 4.75. The Kier molecular flexibility index (Phi) is 4.16. The molecule has 0 aromatic heterocycles.